The third-order valence-corrected chi connectivity index (χ3v) is 3.91. The Balaban J connectivity index is 1.66. The van der Waals surface area contributed by atoms with Crippen LogP contribution in [-0.2, 0) is 10.0 Å². The molecule has 0 aliphatic heterocycles. The summed E-state index contributed by atoms with van der Waals surface area (Å²) in [6.45, 7) is 0. The minimum atomic E-state index is -3.32. The van der Waals surface area contributed by atoms with Gasteiger partial charge in [-0.3, -0.25) is 14.6 Å². The van der Waals surface area contributed by atoms with Crippen LogP contribution in [0.5, 0.6) is 0 Å². The van der Waals surface area contributed by atoms with Crippen LogP contribution in [0.15, 0.2) is 30.3 Å². The van der Waals surface area contributed by atoms with E-state index in [2.05, 4.69) is 20.2 Å². The quantitative estimate of drug-likeness (QED) is 0.782. The number of carbonyl (C=O) groups is 1. The molecule has 0 atom stereocenters. The van der Waals surface area contributed by atoms with E-state index in [1.54, 1.807) is 12.1 Å². The molecule has 0 bridgehead atoms. The Kier molecular flexibility index (Phi) is 3.61. The predicted octanol–water partition coefficient (Wildman–Crippen LogP) is 1.91. The molecule has 2 aromatic rings. The van der Waals surface area contributed by atoms with Crippen molar-refractivity contribution in [1.29, 1.82) is 0 Å². The second-order valence-corrected chi connectivity index (χ2v) is 7.14. The van der Waals surface area contributed by atoms with Crippen LogP contribution in [-0.4, -0.2) is 30.8 Å². The first-order valence-electron chi connectivity index (χ1n) is 6.85. The second-order valence-electron chi connectivity index (χ2n) is 5.39. The average Bonchev–Trinajstić information content (AvgIpc) is 3.19. The van der Waals surface area contributed by atoms with Crippen LogP contribution >= 0.6 is 0 Å². The highest BCUT2D eigenvalue weighted by Crippen LogP contribution is 2.39. The number of nitrogens with one attached hydrogen (secondary N) is 3. The van der Waals surface area contributed by atoms with Crippen molar-refractivity contribution in [2.75, 3.05) is 16.3 Å². The van der Waals surface area contributed by atoms with E-state index >= 15 is 0 Å². The van der Waals surface area contributed by atoms with Crippen molar-refractivity contribution < 1.29 is 13.2 Å². The summed E-state index contributed by atoms with van der Waals surface area (Å²) in [4.78, 5) is 12.1. The lowest BCUT2D eigenvalue weighted by atomic mass is 10.2. The molecule has 0 unspecified atom stereocenters. The van der Waals surface area contributed by atoms with Crippen LogP contribution in [0.3, 0.4) is 0 Å². The summed E-state index contributed by atoms with van der Waals surface area (Å²) in [5, 5.41) is 9.69. The lowest BCUT2D eigenvalue weighted by Gasteiger charge is -2.05. The van der Waals surface area contributed by atoms with E-state index in [1.807, 2.05) is 6.07 Å². The lowest BCUT2D eigenvalue weighted by Crippen LogP contribution is -2.13. The van der Waals surface area contributed by atoms with E-state index in [1.165, 1.54) is 12.1 Å². The number of carbonyl (C=O) groups excluding carboxylic acids is 1. The Morgan fingerprint density at radius 1 is 1.27 bits per heavy atom. The topological polar surface area (TPSA) is 104 Å². The zero-order valence-corrected chi connectivity index (χ0v) is 12.8. The predicted molar refractivity (Wildman–Crippen MR) is 83.4 cm³/mol. The Labute approximate surface area is 128 Å². The minimum Gasteiger partial charge on any atom is -0.305 e. The van der Waals surface area contributed by atoms with E-state index in [9.17, 15) is 13.2 Å². The van der Waals surface area contributed by atoms with Gasteiger partial charge < -0.3 is 5.32 Å². The molecule has 1 amide bonds. The van der Waals surface area contributed by atoms with Gasteiger partial charge in [-0.2, -0.15) is 5.10 Å². The van der Waals surface area contributed by atoms with Crippen molar-refractivity contribution >= 4 is 27.4 Å². The van der Waals surface area contributed by atoms with Crippen molar-refractivity contribution in [3.63, 3.8) is 0 Å². The van der Waals surface area contributed by atoms with Crippen LogP contribution in [0.25, 0.3) is 0 Å². The fourth-order valence-electron chi connectivity index (χ4n) is 2.10. The molecule has 7 nitrogen and oxygen atoms in total. The number of amides is 1. The van der Waals surface area contributed by atoms with Gasteiger partial charge >= 0.3 is 0 Å². The van der Waals surface area contributed by atoms with Gasteiger partial charge in [0.25, 0.3) is 5.91 Å². The molecule has 3 N–H and O–H groups in total. The molecular weight excluding hydrogens is 304 g/mol. The normalized spacial score (nSPS) is 14.6. The summed E-state index contributed by atoms with van der Waals surface area (Å²) in [7, 11) is -3.32. The Hall–Kier alpha value is -2.35. The van der Waals surface area contributed by atoms with Crippen molar-refractivity contribution in [2.24, 2.45) is 0 Å². The van der Waals surface area contributed by atoms with Crippen LogP contribution in [0, 0.1) is 0 Å². The molecule has 1 aliphatic rings. The van der Waals surface area contributed by atoms with Gasteiger partial charge in [0.15, 0.2) is 5.82 Å². The molecule has 1 saturated carbocycles. The Morgan fingerprint density at radius 2 is 1.95 bits per heavy atom. The van der Waals surface area contributed by atoms with E-state index in [4.69, 9.17) is 0 Å². The number of nitrogens with zero attached hydrogens (tertiary/aromatic N) is 1. The first-order chi connectivity index (χ1) is 10.4. The SMILES string of the molecule is CS(=O)(=O)Nc1ccc(C(=O)Nc2cc(C3CC3)[nH]n2)cc1. The minimum absolute atomic E-state index is 0.292. The molecule has 22 heavy (non-hydrogen) atoms. The van der Waals surface area contributed by atoms with Crippen molar-refractivity contribution in [1.82, 2.24) is 10.2 Å². The molecule has 1 aromatic heterocycles. The molecule has 3 rings (SSSR count). The zero-order valence-electron chi connectivity index (χ0n) is 12.0. The summed E-state index contributed by atoms with van der Waals surface area (Å²) in [6.07, 6.45) is 3.39. The fourth-order valence-corrected chi connectivity index (χ4v) is 2.66. The molecule has 0 spiro atoms. The summed E-state index contributed by atoms with van der Waals surface area (Å²) in [6, 6.07) is 8.02. The van der Waals surface area contributed by atoms with Gasteiger partial charge in [0.05, 0.1) is 6.26 Å². The molecular formula is C14H16N4O3S. The number of H-pyrrole nitrogens is 1. The lowest BCUT2D eigenvalue weighted by molar-refractivity contribution is 0.102. The van der Waals surface area contributed by atoms with Crippen molar-refractivity contribution in [3.05, 3.63) is 41.6 Å². The highest BCUT2D eigenvalue weighted by atomic mass is 32.2. The highest BCUT2D eigenvalue weighted by molar-refractivity contribution is 7.92. The summed E-state index contributed by atoms with van der Waals surface area (Å²) >= 11 is 0. The van der Waals surface area contributed by atoms with Gasteiger partial charge in [-0.1, -0.05) is 0 Å². The molecule has 1 aromatic carbocycles. The maximum atomic E-state index is 12.1. The Morgan fingerprint density at radius 3 is 2.55 bits per heavy atom. The van der Waals surface area contributed by atoms with Crippen LogP contribution < -0.4 is 10.0 Å². The van der Waals surface area contributed by atoms with Crippen molar-refractivity contribution in [2.45, 2.75) is 18.8 Å². The monoisotopic (exact) mass is 320 g/mol. The van der Waals surface area contributed by atoms with Gasteiger partial charge in [-0.25, -0.2) is 8.42 Å². The molecule has 1 heterocycles. The molecule has 1 aliphatic carbocycles. The largest absolute Gasteiger partial charge is 0.305 e. The fraction of sp³-hybridized carbons (Fsp3) is 0.286. The van der Waals surface area contributed by atoms with Crippen LogP contribution in [0.4, 0.5) is 11.5 Å². The Bertz CT molecular complexity index is 792. The van der Waals surface area contributed by atoms with E-state index in [-0.39, 0.29) is 5.91 Å². The third kappa shape index (κ3) is 3.64. The number of sulfonamides is 1. The first kappa shape index (κ1) is 14.6. The molecule has 0 saturated heterocycles. The third-order valence-electron chi connectivity index (χ3n) is 3.31. The maximum Gasteiger partial charge on any atom is 0.256 e. The van der Waals surface area contributed by atoms with Gasteiger partial charge in [-0.05, 0) is 37.1 Å². The molecule has 116 valence electrons. The van der Waals surface area contributed by atoms with Gasteiger partial charge in [0, 0.05) is 28.9 Å². The standard InChI is InChI=1S/C14H16N4O3S/c1-22(20,21)18-11-6-4-10(5-7-11)14(19)15-13-8-12(16-17-13)9-2-3-9/h4-9,18H,2-3H2,1H3,(H2,15,16,17,19). The highest BCUT2D eigenvalue weighted by Gasteiger charge is 2.25. The average molecular weight is 320 g/mol. The summed E-state index contributed by atoms with van der Waals surface area (Å²) in [5.74, 6) is 0.740. The number of anilines is 2. The number of hydrogen-bond acceptors (Lipinski definition) is 4. The van der Waals surface area contributed by atoms with Crippen LogP contribution in [0.1, 0.15) is 34.8 Å². The summed E-state index contributed by atoms with van der Waals surface area (Å²) in [5.41, 5.74) is 1.88. The molecule has 0 radical (unpaired) electrons. The van der Waals surface area contributed by atoms with E-state index < -0.39 is 10.0 Å². The summed E-state index contributed by atoms with van der Waals surface area (Å²) < 4.78 is 24.6. The maximum absolute atomic E-state index is 12.1. The van der Waals surface area contributed by atoms with E-state index in [0.29, 0.717) is 23.0 Å². The number of hydrogen-bond donors (Lipinski definition) is 3. The molecule has 1 fully saturated rings. The number of aromatic amines is 1. The van der Waals surface area contributed by atoms with Gasteiger partial charge in [0.1, 0.15) is 0 Å². The van der Waals surface area contributed by atoms with Gasteiger partial charge in [0.2, 0.25) is 10.0 Å². The first-order valence-corrected chi connectivity index (χ1v) is 8.74. The van der Waals surface area contributed by atoms with Crippen LogP contribution in [0.2, 0.25) is 0 Å². The zero-order chi connectivity index (χ0) is 15.7. The smallest absolute Gasteiger partial charge is 0.256 e. The number of rotatable bonds is 5. The molecule has 8 heteroatoms. The van der Waals surface area contributed by atoms with E-state index in [0.717, 1.165) is 24.8 Å². The number of benzene rings is 1. The van der Waals surface area contributed by atoms with Gasteiger partial charge in [-0.15, -0.1) is 0 Å². The second kappa shape index (κ2) is 5.45. The number of aromatic nitrogens is 2. The van der Waals surface area contributed by atoms with Crippen molar-refractivity contribution in [3.8, 4) is 0 Å².